The first-order valence-electron chi connectivity index (χ1n) is 12.5. The summed E-state index contributed by atoms with van der Waals surface area (Å²) in [6.07, 6.45) is 4.82. The molecule has 1 aliphatic carbocycles. The van der Waals surface area contributed by atoms with Gasteiger partial charge in [0.25, 0.3) is 5.91 Å². The summed E-state index contributed by atoms with van der Waals surface area (Å²) in [5.41, 5.74) is 2.47. The number of aromatic nitrogens is 2. The molecule has 1 N–H and O–H groups in total. The van der Waals surface area contributed by atoms with Crippen LogP contribution in [0.25, 0.3) is 16.8 Å². The number of hydrogen-bond acceptors (Lipinski definition) is 4. The summed E-state index contributed by atoms with van der Waals surface area (Å²) < 4.78 is 23.2. The highest BCUT2D eigenvalue weighted by molar-refractivity contribution is 5.96. The summed E-state index contributed by atoms with van der Waals surface area (Å²) in [5, 5.41) is 13.9. The van der Waals surface area contributed by atoms with Crippen molar-refractivity contribution in [2.24, 2.45) is 0 Å². The fraction of sp³-hybridized carbons (Fsp3) is 0.393. The number of hydrogen-bond donors (Lipinski definition) is 1. The van der Waals surface area contributed by atoms with E-state index >= 15 is 4.39 Å². The molecule has 1 amide bonds. The van der Waals surface area contributed by atoms with E-state index < -0.39 is 11.8 Å². The van der Waals surface area contributed by atoms with Crippen molar-refractivity contribution in [2.75, 3.05) is 13.2 Å². The molecule has 36 heavy (non-hydrogen) atoms. The third kappa shape index (κ3) is 4.53. The third-order valence-corrected chi connectivity index (χ3v) is 6.98. The SMILES string of the molecule is CCC[C@@H]1CO[C@@H](C)CN1C(=O)c1cccc(-c2cccc(-n3ncc(C(=O)O)c3C3CC3)c2)c1F. The highest BCUT2D eigenvalue weighted by Gasteiger charge is 2.34. The van der Waals surface area contributed by atoms with Crippen LogP contribution in [0.15, 0.2) is 48.7 Å². The summed E-state index contributed by atoms with van der Waals surface area (Å²) in [6, 6.07) is 12.0. The van der Waals surface area contributed by atoms with Gasteiger partial charge in [0.15, 0.2) is 0 Å². The van der Waals surface area contributed by atoms with Crippen LogP contribution >= 0.6 is 0 Å². The molecular formula is C28H30FN3O4. The number of carboxylic acid groups (broad SMARTS) is 1. The number of carbonyl (C=O) groups is 2. The monoisotopic (exact) mass is 491 g/mol. The van der Waals surface area contributed by atoms with E-state index in [9.17, 15) is 14.7 Å². The minimum Gasteiger partial charge on any atom is -0.478 e. The second-order valence-electron chi connectivity index (χ2n) is 9.70. The summed E-state index contributed by atoms with van der Waals surface area (Å²) in [6.45, 7) is 4.86. The third-order valence-electron chi connectivity index (χ3n) is 6.98. The van der Waals surface area contributed by atoms with E-state index in [1.54, 1.807) is 39.9 Å². The Morgan fingerprint density at radius 1 is 1.17 bits per heavy atom. The predicted molar refractivity (Wildman–Crippen MR) is 133 cm³/mol. The van der Waals surface area contributed by atoms with E-state index in [1.165, 1.54) is 12.3 Å². The number of nitrogens with zero attached hydrogens (tertiary/aromatic N) is 3. The van der Waals surface area contributed by atoms with Crippen molar-refractivity contribution in [3.05, 3.63) is 71.3 Å². The molecule has 5 rings (SSSR count). The van der Waals surface area contributed by atoms with Crippen LogP contribution in [0.2, 0.25) is 0 Å². The lowest BCUT2D eigenvalue weighted by molar-refractivity contribution is -0.0458. The fourth-order valence-corrected chi connectivity index (χ4v) is 5.02. The molecule has 0 unspecified atom stereocenters. The Morgan fingerprint density at radius 3 is 2.67 bits per heavy atom. The number of halogens is 1. The number of ether oxygens (including phenoxy) is 1. The van der Waals surface area contributed by atoms with E-state index in [0.29, 0.717) is 35.7 Å². The standard InChI is InChI=1S/C28H30FN3O4/c1-3-6-21-16-36-17(2)15-31(21)27(33)23-10-5-9-22(25(23)29)19-7-4-8-20(13-19)32-26(18-11-12-18)24(14-30-32)28(34)35/h4-5,7-10,13-14,17-18,21H,3,6,11-12,15-16H2,1-2H3,(H,34,35)/t17-,21+/m0/s1. The van der Waals surface area contributed by atoms with Crippen LogP contribution in [-0.2, 0) is 4.74 Å². The minimum absolute atomic E-state index is 0.0408. The van der Waals surface area contributed by atoms with Gasteiger partial charge in [0, 0.05) is 18.0 Å². The smallest absolute Gasteiger partial charge is 0.339 e. The molecule has 8 heteroatoms. The van der Waals surface area contributed by atoms with E-state index in [-0.39, 0.29) is 35.1 Å². The van der Waals surface area contributed by atoms with E-state index in [2.05, 4.69) is 12.0 Å². The molecule has 0 radical (unpaired) electrons. The maximum atomic E-state index is 15.9. The van der Waals surface area contributed by atoms with Crippen LogP contribution in [0.3, 0.4) is 0 Å². The number of morpholine rings is 1. The zero-order chi connectivity index (χ0) is 25.4. The minimum atomic E-state index is -1.00. The number of aromatic carboxylic acids is 1. The number of carbonyl (C=O) groups excluding carboxylic acids is 1. The molecule has 2 aliphatic rings. The number of rotatable bonds is 7. The molecule has 0 bridgehead atoms. The molecule has 2 heterocycles. The van der Waals surface area contributed by atoms with Gasteiger partial charge >= 0.3 is 5.97 Å². The number of benzene rings is 2. The lowest BCUT2D eigenvalue weighted by Gasteiger charge is -2.38. The van der Waals surface area contributed by atoms with Crippen molar-refractivity contribution in [2.45, 2.75) is 57.6 Å². The lowest BCUT2D eigenvalue weighted by atomic mass is 9.99. The lowest BCUT2D eigenvalue weighted by Crippen LogP contribution is -2.51. The summed E-state index contributed by atoms with van der Waals surface area (Å²) in [7, 11) is 0. The molecule has 2 fully saturated rings. The van der Waals surface area contributed by atoms with Crippen molar-refractivity contribution in [1.29, 1.82) is 0 Å². The zero-order valence-corrected chi connectivity index (χ0v) is 20.5. The van der Waals surface area contributed by atoms with Crippen molar-refractivity contribution in [3.8, 4) is 16.8 Å². The van der Waals surface area contributed by atoms with Crippen molar-refractivity contribution < 1.29 is 23.8 Å². The molecule has 3 aromatic rings. The first kappa shape index (κ1) is 24.2. The highest BCUT2D eigenvalue weighted by atomic mass is 19.1. The summed E-state index contributed by atoms with van der Waals surface area (Å²) in [5.74, 6) is -1.74. The number of carboxylic acids is 1. The van der Waals surface area contributed by atoms with Gasteiger partial charge < -0.3 is 14.7 Å². The molecular weight excluding hydrogens is 461 g/mol. The Morgan fingerprint density at radius 2 is 1.94 bits per heavy atom. The van der Waals surface area contributed by atoms with Crippen LogP contribution in [0.1, 0.15) is 71.9 Å². The molecule has 0 spiro atoms. The van der Waals surface area contributed by atoms with Gasteiger partial charge in [-0.05, 0) is 49.9 Å². The maximum absolute atomic E-state index is 15.9. The van der Waals surface area contributed by atoms with Gasteiger partial charge in [0.1, 0.15) is 11.4 Å². The Kier molecular flexibility index (Phi) is 6.62. The van der Waals surface area contributed by atoms with Gasteiger partial charge in [0.2, 0.25) is 0 Å². The Labute approximate surface area is 209 Å². The van der Waals surface area contributed by atoms with Gasteiger partial charge in [-0.15, -0.1) is 0 Å². The predicted octanol–water partition coefficient (Wildman–Crippen LogP) is 5.28. The Balaban J connectivity index is 1.50. The topological polar surface area (TPSA) is 84.7 Å². The maximum Gasteiger partial charge on any atom is 0.339 e. The average Bonchev–Trinajstić information content (AvgIpc) is 3.62. The highest BCUT2D eigenvalue weighted by Crippen LogP contribution is 2.42. The molecule has 1 aliphatic heterocycles. The largest absolute Gasteiger partial charge is 0.478 e. The summed E-state index contributed by atoms with van der Waals surface area (Å²) >= 11 is 0. The van der Waals surface area contributed by atoms with Gasteiger partial charge in [-0.1, -0.05) is 37.6 Å². The van der Waals surface area contributed by atoms with Crippen LogP contribution in [0.4, 0.5) is 4.39 Å². The molecule has 188 valence electrons. The van der Waals surface area contributed by atoms with E-state index in [0.717, 1.165) is 25.7 Å². The first-order chi connectivity index (χ1) is 17.4. The van der Waals surface area contributed by atoms with E-state index in [4.69, 9.17) is 4.74 Å². The van der Waals surface area contributed by atoms with Crippen LogP contribution in [0, 0.1) is 5.82 Å². The molecule has 1 aromatic heterocycles. The van der Waals surface area contributed by atoms with Crippen LogP contribution in [-0.4, -0.2) is 57.0 Å². The van der Waals surface area contributed by atoms with Crippen molar-refractivity contribution in [3.63, 3.8) is 0 Å². The molecule has 2 aromatic carbocycles. The Bertz CT molecular complexity index is 1300. The molecule has 1 saturated carbocycles. The average molecular weight is 492 g/mol. The summed E-state index contributed by atoms with van der Waals surface area (Å²) in [4.78, 5) is 26.9. The van der Waals surface area contributed by atoms with E-state index in [1.807, 2.05) is 13.0 Å². The van der Waals surface area contributed by atoms with Crippen LogP contribution in [0.5, 0.6) is 0 Å². The molecule has 1 saturated heterocycles. The zero-order valence-electron chi connectivity index (χ0n) is 20.5. The van der Waals surface area contributed by atoms with Gasteiger partial charge in [-0.25, -0.2) is 13.9 Å². The molecule has 2 atom stereocenters. The fourth-order valence-electron chi connectivity index (χ4n) is 5.02. The van der Waals surface area contributed by atoms with Crippen molar-refractivity contribution in [1.82, 2.24) is 14.7 Å². The van der Waals surface area contributed by atoms with Crippen molar-refractivity contribution >= 4 is 11.9 Å². The normalized spacial score (nSPS) is 19.9. The first-order valence-corrected chi connectivity index (χ1v) is 12.5. The van der Waals surface area contributed by atoms with Gasteiger partial charge in [0.05, 0.1) is 41.9 Å². The Hall–Kier alpha value is -3.52. The quantitative estimate of drug-likeness (QED) is 0.486. The van der Waals surface area contributed by atoms with Gasteiger partial charge in [-0.2, -0.15) is 5.10 Å². The number of amides is 1. The van der Waals surface area contributed by atoms with Gasteiger partial charge in [-0.3, -0.25) is 4.79 Å². The molecule has 7 nitrogen and oxygen atoms in total. The second-order valence-corrected chi connectivity index (χ2v) is 9.70. The van der Waals surface area contributed by atoms with Crippen LogP contribution < -0.4 is 0 Å². The second kappa shape index (κ2) is 9.85.